The topological polar surface area (TPSA) is 55.6 Å². The smallest absolute Gasteiger partial charge is 0.232 e. The molecule has 110 valence electrons. The number of amides is 1. The predicted molar refractivity (Wildman–Crippen MR) is 80.5 cm³/mol. The molecule has 2 N–H and O–H groups in total. The van der Waals surface area contributed by atoms with Gasteiger partial charge in [-0.15, -0.1) is 0 Å². The molecular formula is C16H24N2O2. The van der Waals surface area contributed by atoms with Crippen molar-refractivity contribution in [3.05, 3.63) is 29.8 Å². The van der Waals surface area contributed by atoms with Gasteiger partial charge in [-0.1, -0.05) is 12.1 Å². The predicted octanol–water partition coefficient (Wildman–Crippen LogP) is 2.18. The van der Waals surface area contributed by atoms with E-state index >= 15 is 0 Å². The summed E-state index contributed by atoms with van der Waals surface area (Å²) in [7, 11) is 1.74. The van der Waals surface area contributed by atoms with Crippen LogP contribution in [0.5, 0.6) is 0 Å². The van der Waals surface area contributed by atoms with Crippen molar-refractivity contribution >= 4 is 11.6 Å². The van der Waals surface area contributed by atoms with Gasteiger partial charge in [0.05, 0.1) is 11.5 Å². The first-order valence-corrected chi connectivity index (χ1v) is 7.13. The van der Waals surface area contributed by atoms with Crippen LogP contribution in [0.2, 0.25) is 0 Å². The van der Waals surface area contributed by atoms with E-state index in [1.54, 1.807) is 7.11 Å². The Labute approximate surface area is 120 Å². The van der Waals surface area contributed by atoms with E-state index in [0.717, 1.165) is 37.2 Å². The Kier molecular flexibility index (Phi) is 4.33. The van der Waals surface area contributed by atoms with Crippen molar-refractivity contribution in [2.24, 2.45) is 0 Å². The Morgan fingerprint density at radius 1 is 1.25 bits per heavy atom. The maximum absolute atomic E-state index is 12.8. The van der Waals surface area contributed by atoms with E-state index < -0.39 is 5.41 Å². The van der Waals surface area contributed by atoms with Crippen LogP contribution in [0.25, 0.3) is 0 Å². The van der Waals surface area contributed by atoms with E-state index in [0.29, 0.717) is 6.10 Å². The van der Waals surface area contributed by atoms with Crippen molar-refractivity contribution in [3.63, 3.8) is 0 Å². The molecule has 1 amide bonds. The fraction of sp³-hybridized carbons (Fsp3) is 0.562. The number of benzene rings is 1. The third-order valence-corrected chi connectivity index (χ3v) is 4.23. The first kappa shape index (κ1) is 14.9. The largest absolute Gasteiger partial charge is 0.399 e. The second-order valence-electron chi connectivity index (χ2n) is 5.97. The van der Waals surface area contributed by atoms with Gasteiger partial charge in [-0.3, -0.25) is 4.79 Å². The molecule has 1 heterocycles. The minimum absolute atomic E-state index is 0.178. The zero-order chi connectivity index (χ0) is 14.8. The zero-order valence-corrected chi connectivity index (χ0v) is 12.6. The Bertz CT molecular complexity index is 460. The quantitative estimate of drug-likeness (QED) is 0.861. The van der Waals surface area contributed by atoms with E-state index in [4.69, 9.17) is 10.5 Å². The average Bonchev–Trinajstić information content (AvgIpc) is 2.47. The third kappa shape index (κ3) is 2.96. The van der Waals surface area contributed by atoms with E-state index in [9.17, 15) is 4.79 Å². The lowest BCUT2D eigenvalue weighted by molar-refractivity contribution is -0.138. The second kappa shape index (κ2) is 5.83. The van der Waals surface area contributed by atoms with Crippen LogP contribution in [0.4, 0.5) is 5.69 Å². The lowest BCUT2D eigenvalue weighted by Crippen LogP contribution is -2.48. The first-order chi connectivity index (χ1) is 9.45. The number of hydrogen-bond acceptors (Lipinski definition) is 3. The molecule has 1 saturated heterocycles. The molecule has 0 bridgehead atoms. The van der Waals surface area contributed by atoms with Gasteiger partial charge in [0.1, 0.15) is 0 Å². The fourth-order valence-electron chi connectivity index (χ4n) is 2.71. The molecule has 0 unspecified atom stereocenters. The normalized spacial score (nSPS) is 17.2. The van der Waals surface area contributed by atoms with Crippen molar-refractivity contribution < 1.29 is 9.53 Å². The van der Waals surface area contributed by atoms with Crippen LogP contribution in [0.1, 0.15) is 32.3 Å². The Balaban J connectivity index is 2.09. The number of nitrogens with zero attached hydrogens (tertiary/aromatic N) is 1. The maximum atomic E-state index is 12.8. The van der Waals surface area contributed by atoms with Crippen LogP contribution in [0, 0.1) is 0 Å². The summed E-state index contributed by atoms with van der Waals surface area (Å²) >= 11 is 0. The van der Waals surface area contributed by atoms with Gasteiger partial charge in [-0.05, 0) is 44.4 Å². The van der Waals surface area contributed by atoms with Crippen LogP contribution in [0.3, 0.4) is 0 Å². The lowest BCUT2D eigenvalue weighted by atomic mass is 9.82. The zero-order valence-electron chi connectivity index (χ0n) is 12.6. The van der Waals surface area contributed by atoms with Crippen LogP contribution >= 0.6 is 0 Å². The van der Waals surface area contributed by atoms with E-state index in [1.165, 1.54) is 0 Å². The minimum atomic E-state index is -0.520. The van der Waals surface area contributed by atoms with Crippen LogP contribution in [-0.2, 0) is 14.9 Å². The highest BCUT2D eigenvalue weighted by molar-refractivity contribution is 5.87. The fourth-order valence-corrected chi connectivity index (χ4v) is 2.71. The molecule has 0 spiro atoms. The summed E-state index contributed by atoms with van der Waals surface area (Å²) in [5, 5.41) is 0. The number of carbonyl (C=O) groups excluding carboxylic acids is 1. The van der Waals surface area contributed by atoms with Gasteiger partial charge in [0.2, 0.25) is 5.91 Å². The minimum Gasteiger partial charge on any atom is -0.399 e. The van der Waals surface area contributed by atoms with E-state index in [-0.39, 0.29) is 5.91 Å². The van der Waals surface area contributed by atoms with Gasteiger partial charge in [0.15, 0.2) is 0 Å². The maximum Gasteiger partial charge on any atom is 0.232 e. The molecule has 2 rings (SSSR count). The summed E-state index contributed by atoms with van der Waals surface area (Å²) in [5.41, 5.74) is 6.92. The number of nitrogens with two attached hydrogens (primary N) is 1. The molecule has 4 heteroatoms. The molecule has 0 radical (unpaired) electrons. The van der Waals surface area contributed by atoms with E-state index in [1.807, 2.05) is 43.0 Å². The number of ether oxygens (including phenoxy) is 1. The molecule has 1 aromatic carbocycles. The molecule has 0 saturated carbocycles. The van der Waals surface area contributed by atoms with Crippen LogP contribution in [0.15, 0.2) is 24.3 Å². The second-order valence-corrected chi connectivity index (χ2v) is 5.97. The number of rotatable bonds is 3. The Morgan fingerprint density at radius 3 is 2.30 bits per heavy atom. The van der Waals surface area contributed by atoms with Crippen molar-refractivity contribution in [2.45, 2.75) is 38.2 Å². The van der Waals surface area contributed by atoms with Crippen molar-refractivity contribution in [1.82, 2.24) is 4.90 Å². The first-order valence-electron chi connectivity index (χ1n) is 7.13. The van der Waals surface area contributed by atoms with E-state index in [2.05, 4.69) is 0 Å². The Morgan fingerprint density at radius 2 is 1.80 bits per heavy atom. The summed E-state index contributed by atoms with van der Waals surface area (Å²) < 4.78 is 5.35. The number of anilines is 1. The van der Waals surface area contributed by atoms with Crippen LogP contribution < -0.4 is 5.73 Å². The molecule has 20 heavy (non-hydrogen) atoms. The van der Waals surface area contributed by atoms with Gasteiger partial charge in [-0.25, -0.2) is 0 Å². The molecule has 4 nitrogen and oxygen atoms in total. The number of carbonyl (C=O) groups is 1. The number of hydrogen-bond donors (Lipinski definition) is 1. The van der Waals surface area contributed by atoms with Crippen molar-refractivity contribution in [2.75, 3.05) is 25.9 Å². The number of nitrogen functional groups attached to an aromatic ring is 1. The summed E-state index contributed by atoms with van der Waals surface area (Å²) in [6.45, 7) is 5.50. The summed E-state index contributed by atoms with van der Waals surface area (Å²) in [6, 6.07) is 7.58. The highest BCUT2D eigenvalue weighted by Gasteiger charge is 2.35. The summed E-state index contributed by atoms with van der Waals surface area (Å²) in [5.74, 6) is 0.178. The Hall–Kier alpha value is -1.55. The van der Waals surface area contributed by atoms with Gasteiger partial charge in [-0.2, -0.15) is 0 Å². The van der Waals surface area contributed by atoms with Gasteiger partial charge in [0.25, 0.3) is 0 Å². The average molecular weight is 276 g/mol. The molecule has 1 aliphatic rings. The van der Waals surface area contributed by atoms with Crippen molar-refractivity contribution in [3.8, 4) is 0 Å². The number of methoxy groups -OCH3 is 1. The standard InChI is InChI=1S/C16H24N2O2/c1-16(2,12-4-6-13(17)7-5-12)15(19)18-10-8-14(20-3)9-11-18/h4-7,14H,8-11,17H2,1-3H3. The van der Waals surface area contributed by atoms with Gasteiger partial charge < -0.3 is 15.4 Å². The number of likely N-dealkylation sites (tertiary alicyclic amines) is 1. The molecule has 0 aromatic heterocycles. The lowest BCUT2D eigenvalue weighted by Gasteiger charge is -2.36. The SMILES string of the molecule is COC1CCN(C(=O)C(C)(C)c2ccc(N)cc2)CC1. The molecule has 0 aliphatic carbocycles. The van der Waals surface area contributed by atoms with Gasteiger partial charge in [0, 0.05) is 25.9 Å². The van der Waals surface area contributed by atoms with Crippen molar-refractivity contribution in [1.29, 1.82) is 0 Å². The summed E-state index contributed by atoms with van der Waals surface area (Å²) in [6.07, 6.45) is 2.12. The molecule has 1 fully saturated rings. The molecule has 1 aliphatic heterocycles. The number of piperidine rings is 1. The molecular weight excluding hydrogens is 252 g/mol. The third-order valence-electron chi connectivity index (χ3n) is 4.23. The highest BCUT2D eigenvalue weighted by Crippen LogP contribution is 2.28. The van der Waals surface area contributed by atoms with Gasteiger partial charge >= 0.3 is 0 Å². The molecule has 0 atom stereocenters. The monoisotopic (exact) mass is 276 g/mol. The molecule has 1 aromatic rings. The van der Waals surface area contributed by atoms with Crippen LogP contribution in [-0.4, -0.2) is 37.1 Å². The highest BCUT2D eigenvalue weighted by atomic mass is 16.5. The summed E-state index contributed by atoms with van der Waals surface area (Å²) in [4.78, 5) is 14.7.